The number of sulfonamides is 1. The molecule has 1 aromatic heterocycles. The first-order valence-electron chi connectivity index (χ1n) is 9.98. The number of benzene rings is 3. The van der Waals surface area contributed by atoms with Gasteiger partial charge in [0.05, 0.1) is 15.9 Å². The molecule has 0 bridgehead atoms. The fourth-order valence-corrected chi connectivity index (χ4v) is 4.21. The molecule has 0 aliphatic rings. The molecule has 174 valence electrons. The number of hydrogen-bond donors (Lipinski definition) is 4. The number of aromatic hydroxyl groups is 1. The van der Waals surface area contributed by atoms with Gasteiger partial charge >= 0.3 is 0 Å². The van der Waals surface area contributed by atoms with Gasteiger partial charge in [-0.3, -0.25) is 4.79 Å². The predicted octanol–water partition coefficient (Wildman–Crippen LogP) is 3.01. The van der Waals surface area contributed by atoms with Gasteiger partial charge in [0.15, 0.2) is 5.69 Å². The Morgan fingerprint density at radius 3 is 2.53 bits per heavy atom. The van der Waals surface area contributed by atoms with E-state index in [-0.39, 0.29) is 21.9 Å². The van der Waals surface area contributed by atoms with Gasteiger partial charge in [0, 0.05) is 10.6 Å². The first kappa shape index (κ1) is 23.4. The lowest BCUT2D eigenvalue weighted by molar-refractivity contribution is 0.241. The normalized spacial score (nSPS) is 13.1. The van der Waals surface area contributed by atoms with Crippen LogP contribution in [0.2, 0.25) is 5.02 Å². The van der Waals surface area contributed by atoms with E-state index in [0.29, 0.717) is 16.1 Å². The van der Waals surface area contributed by atoms with Crippen molar-refractivity contribution in [1.82, 2.24) is 14.8 Å². The average Bonchev–Trinajstić information content (AvgIpc) is 2.80. The maximum atomic E-state index is 12.8. The molecule has 0 spiro atoms. The van der Waals surface area contributed by atoms with E-state index in [2.05, 4.69) is 19.9 Å². The Morgan fingerprint density at radius 1 is 1.12 bits per heavy atom. The van der Waals surface area contributed by atoms with Crippen molar-refractivity contribution in [1.29, 1.82) is 0 Å². The van der Waals surface area contributed by atoms with Gasteiger partial charge < -0.3 is 15.2 Å². The van der Waals surface area contributed by atoms with E-state index in [1.165, 1.54) is 30.3 Å². The number of aryl methyl sites for hydroxylation is 1. The smallest absolute Gasteiger partial charge is 0.276 e. The number of nitrogens with zero attached hydrogens (tertiary/aromatic N) is 2. The van der Waals surface area contributed by atoms with E-state index < -0.39 is 27.4 Å². The molecule has 0 aliphatic carbocycles. The van der Waals surface area contributed by atoms with Crippen LogP contribution in [0.3, 0.4) is 0 Å². The minimum absolute atomic E-state index is 0.00758. The monoisotopic (exact) mass is 498 g/mol. The Kier molecular flexibility index (Phi) is 6.38. The van der Waals surface area contributed by atoms with Crippen LogP contribution >= 0.6 is 11.6 Å². The van der Waals surface area contributed by atoms with Crippen LogP contribution < -0.4 is 10.4 Å². The molecule has 1 heterocycles. The number of phenols is 1. The number of fused-ring (bicyclic) bond motifs is 1. The highest BCUT2D eigenvalue weighted by atomic mass is 35.5. The van der Waals surface area contributed by atoms with Gasteiger partial charge in [-0.1, -0.05) is 47.5 Å². The van der Waals surface area contributed by atoms with Crippen molar-refractivity contribution in [3.05, 3.63) is 98.9 Å². The van der Waals surface area contributed by atoms with Crippen molar-refractivity contribution in [3.8, 4) is 5.75 Å². The van der Waals surface area contributed by atoms with Crippen LogP contribution in [-0.4, -0.2) is 34.3 Å². The Hall–Kier alpha value is -3.73. The van der Waals surface area contributed by atoms with E-state index in [1.807, 2.05) is 6.92 Å². The summed E-state index contributed by atoms with van der Waals surface area (Å²) in [5.41, 5.74) is 0.0683. The second-order valence-corrected chi connectivity index (χ2v) is 9.54. The molecule has 4 rings (SSSR count). The number of hydrogen-bond acceptors (Lipinski definition) is 7. The van der Waals surface area contributed by atoms with Crippen LogP contribution in [0.15, 0.2) is 81.5 Å². The lowest BCUT2D eigenvalue weighted by Crippen LogP contribution is -2.29. The van der Waals surface area contributed by atoms with Crippen molar-refractivity contribution in [2.45, 2.75) is 17.9 Å². The number of rotatable bonds is 6. The first-order chi connectivity index (χ1) is 16.2. The third-order valence-electron chi connectivity index (χ3n) is 5.00. The van der Waals surface area contributed by atoms with E-state index in [1.54, 1.807) is 36.4 Å². The molecule has 9 nitrogen and oxygen atoms in total. The van der Waals surface area contributed by atoms with Gasteiger partial charge in [0.2, 0.25) is 0 Å². The summed E-state index contributed by atoms with van der Waals surface area (Å²) in [6.45, 7) is 1.81. The molecule has 0 fully saturated rings. The lowest BCUT2D eigenvalue weighted by Gasteiger charge is -2.15. The van der Waals surface area contributed by atoms with Crippen LogP contribution in [0.1, 0.15) is 22.9 Å². The zero-order chi connectivity index (χ0) is 24.5. The Balaban J connectivity index is 1.85. The number of phenolic OH excluding ortho intramolecular Hbond substituents is 1. The van der Waals surface area contributed by atoms with Crippen molar-refractivity contribution in [2.24, 2.45) is 5.10 Å². The highest BCUT2D eigenvalue weighted by molar-refractivity contribution is 7.89. The van der Waals surface area contributed by atoms with Crippen LogP contribution in [0.5, 0.6) is 5.75 Å². The average molecular weight is 499 g/mol. The molecular formula is C23H19ClN4O5S. The quantitative estimate of drug-likeness (QED) is 0.237. The Bertz CT molecular complexity index is 1570. The molecule has 4 N–H and O–H groups in total. The molecule has 0 amide bonds. The fraction of sp³-hybridized carbons (Fsp3) is 0.0870. The number of aromatic nitrogens is 2. The molecule has 3 aromatic carbocycles. The highest BCUT2D eigenvalue weighted by Crippen LogP contribution is 2.26. The van der Waals surface area contributed by atoms with Gasteiger partial charge in [-0.05, 0) is 43.3 Å². The minimum Gasteiger partial charge on any atom is -0.508 e. The van der Waals surface area contributed by atoms with E-state index in [9.17, 15) is 23.4 Å². The van der Waals surface area contributed by atoms with E-state index in [0.717, 1.165) is 5.56 Å². The third kappa shape index (κ3) is 4.79. The van der Waals surface area contributed by atoms with Crippen molar-refractivity contribution in [2.75, 3.05) is 0 Å². The number of nitrogens with one attached hydrogen (secondary N) is 2. The topological polar surface area (TPSA) is 145 Å². The van der Waals surface area contributed by atoms with Crippen molar-refractivity contribution < 1.29 is 18.6 Å². The summed E-state index contributed by atoms with van der Waals surface area (Å²) in [5, 5.41) is 25.5. The fourth-order valence-electron chi connectivity index (χ4n) is 3.22. The van der Waals surface area contributed by atoms with Crippen LogP contribution in [0.25, 0.3) is 11.0 Å². The summed E-state index contributed by atoms with van der Waals surface area (Å²) in [6, 6.07) is 16.5. The number of H-pyrrole nitrogens is 1. The summed E-state index contributed by atoms with van der Waals surface area (Å²) in [6.07, 6.45) is -1.68. The summed E-state index contributed by atoms with van der Waals surface area (Å²) in [7, 11) is -4.14. The van der Waals surface area contributed by atoms with Crippen LogP contribution in [0, 0.1) is 6.92 Å². The summed E-state index contributed by atoms with van der Waals surface area (Å²) >= 11 is 5.97. The van der Waals surface area contributed by atoms with E-state index >= 15 is 0 Å². The zero-order valence-corrected chi connectivity index (χ0v) is 19.3. The van der Waals surface area contributed by atoms with Gasteiger partial charge in [0.25, 0.3) is 15.6 Å². The molecule has 0 unspecified atom stereocenters. The zero-order valence-electron chi connectivity index (χ0n) is 17.7. The van der Waals surface area contributed by atoms with Gasteiger partial charge in [-0.2, -0.15) is 18.4 Å². The number of aromatic amines is 1. The molecule has 4 aromatic rings. The molecule has 1 atom stereocenters. The second kappa shape index (κ2) is 9.26. The highest BCUT2D eigenvalue weighted by Gasteiger charge is 2.26. The number of hydrazone groups is 1. The van der Waals surface area contributed by atoms with Gasteiger partial charge in [0.1, 0.15) is 17.6 Å². The van der Waals surface area contributed by atoms with Crippen LogP contribution in [-0.2, 0) is 10.0 Å². The minimum atomic E-state index is -4.14. The van der Waals surface area contributed by atoms with Gasteiger partial charge in [-0.25, -0.2) is 4.98 Å². The van der Waals surface area contributed by atoms with Gasteiger partial charge in [-0.15, -0.1) is 0 Å². The second-order valence-electron chi connectivity index (χ2n) is 7.44. The molecule has 0 saturated heterocycles. The summed E-state index contributed by atoms with van der Waals surface area (Å²) in [4.78, 5) is 21.7. The maximum absolute atomic E-state index is 12.8. The first-order valence-corrected chi connectivity index (χ1v) is 11.8. The maximum Gasteiger partial charge on any atom is 0.276 e. The lowest BCUT2D eigenvalue weighted by atomic mass is 10.0. The van der Waals surface area contributed by atoms with Crippen molar-refractivity contribution in [3.63, 3.8) is 0 Å². The number of aliphatic hydroxyl groups excluding tert-OH is 1. The standard InChI is InChI=1S/C23H19ClN4O5S/c1-13-6-9-15(10-7-13)34(32,33)28-27-20(22(30)16-4-2-3-5-19(16)29)21-23(31)26-18-12-14(24)8-11-17(18)25-21/h2-12,22,28-30H,1H3,(H,26,31)/b27-20+/t22-/m1/s1. The number of aliphatic hydroxyl groups is 1. The Labute approximate surface area is 199 Å². The largest absolute Gasteiger partial charge is 0.508 e. The molecular weight excluding hydrogens is 480 g/mol. The Morgan fingerprint density at radius 2 is 1.82 bits per heavy atom. The van der Waals surface area contributed by atoms with Crippen molar-refractivity contribution >= 4 is 38.4 Å². The number of halogens is 1. The molecule has 11 heteroatoms. The molecule has 34 heavy (non-hydrogen) atoms. The predicted molar refractivity (Wildman–Crippen MR) is 128 cm³/mol. The molecule has 0 aliphatic heterocycles. The molecule has 0 radical (unpaired) electrons. The van der Waals surface area contributed by atoms with Crippen LogP contribution in [0.4, 0.5) is 0 Å². The number of para-hydroxylation sites is 1. The molecule has 0 saturated carbocycles. The third-order valence-corrected chi connectivity index (χ3v) is 6.46. The summed E-state index contributed by atoms with van der Waals surface area (Å²) in [5.74, 6) is -0.270. The van der Waals surface area contributed by atoms with E-state index in [4.69, 9.17) is 11.6 Å². The summed E-state index contributed by atoms with van der Waals surface area (Å²) < 4.78 is 25.5. The SMILES string of the molecule is Cc1ccc(S(=O)(=O)N/N=C(\c2nc3ccc(Cl)cc3[nH]c2=O)[C@H](O)c2ccccc2O)cc1.